The zero-order chi connectivity index (χ0) is 11.5. The van der Waals surface area contributed by atoms with Crippen LogP contribution in [0, 0.1) is 0 Å². The van der Waals surface area contributed by atoms with Crippen molar-refractivity contribution in [2.45, 2.75) is 12.5 Å². The number of nitrogens with two attached hydrogens (primary N) is 1. The summed E-state index contributed by atoms with van der Waals surface area (Å²) in [5, 5.41) is 12.1. The van der Waals surface area contributed by atoms with Gasteiger partial charge in [0, 0.05) is 30.5 Å². The first-order valence-electron chi connectivity index (χ1n) is 5.25. The molecule has 0 aliphatic carbocycles. The predicted molar refractivity (Wildman–Crippen MR) is 62.5 cm³/mol. The Morgan fingerprint density at radius 2 is 2.12 bits per heavy atom. The number of carboxylic acid groups (broad SMARTS) is 1. The van der Waals surface area contributed by atoms with Crippen LogP contribution < -0.4 is 11.1 Å². The van der Waals surface area contributed by atoms with Gasteiger partial charge in [-0.15, -0.1) is 0 Å². The molecule has 0 unspecified atom stereocenters. The van der Waals surface area contributed by atoms with E-state index in [4.69, 9.17) is 10.8 Å². The van der Waals surface area contributed by atoms with Crippen molar-refractivity contribution in [3.05, 3.63) is 24.3 Å². The first kappa shape index (κ1) is 10.6. The molecule has 1 aromatic carbocycles. The molecule has 1 aliphatic heterocycles. The van der Waals surface area contributed by atoms with Crippen LogP contribution in [0.25, 0.3) is 0 Å². The molecule has 0 spiro atoms. The van der Waals surface area contributed by atoms with E-state index in [1.54, 1.807) is 0 Å². The SMILES string of the molecule is Nc1ccc(N[C@@H]2CCN(C(=O)O)C2)cc1. The lowest BCUT2D eigenvalue weighted by Crippen LogP contribution is -2.30. The molecule has 1 amide bonds. The van der Waals surface area contributed by atoms with Crippen molar-refractivity contribution in [3.63, 3.8) is 0 Å². The molecule has 86 valence electrons. The average Bonchev–Trinajstić information content (AvgIpc) is 2.70. The van der Waals surface area contributed by atoms with Crippen LogP contribution in [-0.4, -0.2) is 35.2 Å². The quantitative estimate of drug-likeness (QED) is 0.660. The molecule has 0 radical (unpaired) electrons. The number of likely N-dealkylation sites (tertiary alicyclic amines) is 1. The highest BCUT2D eigenvalue weighted by molar-refractivity contribution is 5.65. The Hall–Kier alpha value is -1.91. The first-order chi connectivity index (χ1) is 7.65. The van der Waals surface area contributed by atoms with Crippen molar-refractivity contribution in [1.29, 1.82) is 0 Å². The van der Waals surface area contributed by atoms with Crippen molar-refractivity contribution in [2.75, 3.05) is 24.1 Å². The zero-order valence-electron chi connectivity index (χ0n) is 8.89. The second-order valence-electron chi connectivity index (χ2n) is 3.98. The summed E-state index contributed by atoms with van der Waals surface area (Å²) in [5.41, 5.74) is 7.29. The van der Waals surface area contributed by atoms with Gasteiger partial charge in [-0.2, -0.15) is 0 Å². The van der Waals surface area contributed by atoms with E-state index in [1.165, 1.54) is 4.90 Å². The van der Waals surface area contributed by atoms with Crippen LogP contribution in [0.1, 0.15) is 6.42 Å². The van der Waals surface area contributed by atoms with Crippen molar-refractivity contribution < 1.29 is 9.90 Å². The fourth-order valence-corrected chi connectivity index (χ4v) is 1.87. The Balaban J connectivity index is 1.92. The molecule has 1 aliphatic rings. The molecule has 1 heterocycles. The fourth-order valence-electron chi connectivity index (χ4n) is 1.87. The summed E-state index contributed by atoms with van der Waals surface area (Å²) in [5.74, 6) is 0. The summed E-state index contributed by atoms with van der Waals surface area (Å²) in [6.07, 6.45) is -0.00181. The van der Waals surface area contributed by atoms with Gasteiger partial charge in [-0.05, 0) is 30.7 Å². The molecule has 16 heavy (non-hydrogen) atoms. The highest BCUT2D eigenvalue weighted by Crippen LogP contribution is 2.17. The summed E-state index contributed by atoms with van der Waals surface area (Å²) < 4.78 is 0. The number of hydrogen-bond acceptors (Lipinski definition) is 3. The van der Waals surface area contributed by atoms with Crippen molar-refractivity contribution >= 4 is 17.5 Å². The van der Waals surface area contributed by atoms with E-state index in [1.807, 2.05) is 24.3 Å². The molecule has 1 atom stereocenters. The molecular formula is C11H15N3O2. The van der Waals surface area contributed by atoms with Crippen molar-refractivity contribution in [1.82, 2.24) is 4.90 Å². The number of hydrogen-bond donors (Lipinski definition) is 3. The maximum Gasteiger partial charge on any atom is 0.407 e. The molecule has 0 bridgehead atoms. The van der Waals surface area contributed by atoms with E-state index in [-0.39, 0.29) is 6.04 Å². The summed E-state index contributed by atoms with van der Waals surface area (Å²) in [7, 11) is 0. The van der Waals surface area contributed by atoms with Crippen molar-refractivity contribution in [3.8, 4) is 0 Å². The fraction of sp³-hybridized carbons (Fsp3) is 0.364. The Kier molecular flexibility index (Phi) is 2.85. The highest BCUT2D eigenvalue weighted by Gasteiger charge is 2.25. The van der Waals surface area contributed by atoms with Gasteiger partial charge in [0.15, 0.2) is 0 Å². The number of rotatable bonds is 2. The minimum atomic E-state index is -0.846. The van der Waals surface area contributed by atoms with Gasteiger partial charge in [0.25, 0.3) is 0 Å². The van der Waals surface area contributed by atoms with E-state index in [2.05, 4.69) is 5.32 Å². The number of anilines is 2. The summed E-state index contributed by atoms with van der Waals surface area (Å²) in [6, 6.07) is 7.65. The van der Waals surface area contributed by atoms with Crippen LogP contribution in [0.4, 0.5) is 16.2 Å². The van der Waals surface area contributed by atoms with Gasteiger partial charge in [-0.3, -0.25) is 0 Å². The first-order valence-corrected chi connectivity index (χ1v) is 5.25. The van der Waals surface area contributed by atoms with E-state index < -0.39 is 6.09 Å². The maximum atomic E-state index is 10.7. The number of benzene rings is 1. The second kappa shape index (κ2) is 4.30. The average molecular weight is 221 g/mol. The summed E-state index contributed by atoms with van der Waals surface area (Å²) in [6.45, 7) is 1.14. The van der Waals surface area contributed by atoms with Crippen LogP contribution >= 0.6 is 0 Å². The molecule has 2 rings (SSSR count). The maximum absolute atomic E-state index is 10.7. The normalized spacial score (nSPS) is 19.8. The zero-order valence-corrected chi connectivity index (χ0v) is 8.89. The lowest BCUT2D eigenvalue weighted by atomic mass is 10.2. The largest absolute Gasteiger partial charge is 0.465 e. The number of nitrogens with zero attached hydrogens (tertiary/aromatic N) is 1. The Morgan fingerprint density at radius 3 is 2.69 bits per heavy atom. The van der Waals surface area contributed by atoms with E-state index in [0.717, 1.165) is 17.8 Å². The van der Waals surface area contributed by atoms with Crippen LogP contribution in [-0.2, 0) is 0 Å². The van der Waals surface area contributed by atoms with Crippen molar-refractivity contribution in [2.24, 2.45) is 0 Å². The van der Waals surface area contributed by atoms with Gasteiger partial charge in [0.2, 0.25) is 0 Å². The van der Waals surface area contributed by atoms with E-state index >= 15 is 0 Å². The molecular weight excluding hydrogens is 206 g/mol. The minimum absolute atomic E-state index is 0.194. The number of nitrogens with one attached hydrogen (secondary N) is 1. The molecule has 5 heteroatoms. The molecule has 0 saturated carbocycles. The second-order valence-corrected chi connectivity index (χ2v) is 3.98. The van der Waals surface area contributed by atoms with Gasteiger partial charge < -0.3 is 21.1 Å². The number of nitrogen functional groups attached to an aromatic ring is 1. The van der Waals surface area contributed by atoms with E-state index in [9.17, 15) is 4.79 Å². The Labute approximate surface area is 93.9 Å². The topological polar surface area (TPSA) is 78.6 Å². The van der Waals surface area contributed by atoms with Crippen LogP contribution in [0.2, 0.25) is 0 Å². The van der Waals surface area contributed by atoms with Gasteiger partial charge in [0.05, 0.1) is 0 Å². The Bertz CT molecular complexity index is 377. The van der Waals surface area contributed by atoms with E-state index in [0.29, 0.717) is 13.1 Å². The van der Waals surface area contributed by atoms with Gasteiger partial charge in [0.1, 0.15) is 0 Å². The Morgan fingerprint density at radius 1 is 1.44 bits per heavy atom. The third-order valence-electron chi connectivity index (χ3n) is 2.74. The predicted octanol–water partition coefficient (Wildman–Crippen LogP) is 1.43. The molecule has 1 saturated heterocycles. The highest BCUT2D eigenvalue weighted by atomic mass is 16.4. The summed E-state index contributed by atoms with van der Waals surface area (Å²) >= 11 is 0. The van der Waals surface area contributed by atoms with Gasteiger partial charge >= 0.3 is 6.09 Å². The van der Waals surface area contributed by atoms with Crippen LogP contribution in [0.3, 0.4) is 0 Å². The summed E-state index contributed by atoms with van der Waals surface area (Å²) in [4.78, 5) is 12.2. The minimum Gasteiger partial charge on any atom is -0.465 e. The smallest absolute Gasteiger partial charge is 0.407 e. The third-order valence-corrected chi connectivity index (χ3v) is 2.74. The lowest BCUT2D eigenvalue weighted by Gasteiger charge is -2.15. The third kappa shape index (κ3) is 2.36. The van der Waals surface area contributed by atoms with Gasteiger partial charge in [-0.1, -0.05) is 0 Å². The van der Waals surface area contributed by atoms with Crippen LogP contribution in [0.5, 0.6) is 0 Å². The molecule has 1 fully saturated rings. The number of carbonyl (C=O) groups is 1. The molecule has 4 N–H and O–H groups in total. The number of amides is 1. The van der Waals surface area contributed by atoms with Crippen LogP contribution in [0.15, 0.2) is 24.3 Å². The monoisotopic (exact) mass is 221 g/mol. The molecule has 5 nitrogen and oxygen atoms in total. The molecule has 0 aromatic heterocycles. The van der Waals surface area contributed by atoms with Gasteiger partial charge in [-0.25, -0.2) is 4.79 Å². The standard InChI is InChI=1S/C11H15N3O2/c12-8-1-3-9(4-2-8)13-10-5-6-14(7-10)11(15)16/h1-4,10,13H,5-7,12H2,(H,15,16)/t10-/m1/s1. The molecule has 1 aromatic rings. The lowest BCUT2D eigenvalue weighted by molar-refractivity contribution is 0.155.